The molecule has 21 heavy (non-hydrogen) atoms. The van der Waals surface area contributed by atoms with Crippen LogP contribution < -0.4 is 0 Å². The van der Waals surface area contributed by atoms with Crippen LogP contribution in [0.25, 0.3) is 11.1 Å². The molecular weight excluding hydrogens is 273 g/mol. The molecule has 1 aliphatic carbocycles. The zero-order valence-electron chi connectivity index (χ0n) is 11.5. The Hall–Kier alpha value is -2.03. The zero-order valence-corrected chi connectivity index (χ0v) is 11.5. The van der Waals surface area contributed by atoms with Crippen LogP contribution in [0.2, 0.25) is 0 Å². The van der Waals surface area contributed by atoms with Gasteiger partial charge in [-0.3, -0.25) is 0 Å². The summed E-state index contributed by atoms with van der Waals surface area (Å²) in [4.78, 5) is 0. The van der Waals surface area contributed by atoms with Gasteiger partial charge < -0.3 is 0 Å². The summed E-state index contributed by atoms with van der Waals surface area (Å²) in [6, 6.07) is 7.84. The van der Waals surface area contributed by atoms with Gasteiger partial charge in [-0.05, 0) is 59.6 Å². The van der Waals surface area contributed by atoms with Gasteiger partial charge in [-0.1, -0.05) is 24.3 Å². The number of allylic oxidation sites excluding steroid dienone is 1. The highest BCUT2D eigenvalue weighted by molar-refractivity contribution is 5.65. The van der Waals surface area contributed by atoms with E-state index in [0.717, 1.165) is 31.4 Å². The van der Waals surface area contributed by atoms with E-state index in [4.69, 9.17) is 0 Å². The van der Waals surface area contributed by atoms with Crippen molar-refractivity contribution in [1.29, 1.82) is 0 Å². The van der Waals surface area contributed by atoms with Crippen molar-refractivity contribution in [2.24, 2.45) is 5.92 Å². The molecule has 0 bridgehead atoms. The summed E-state index contributed by atoms with van der Waals surface area (Å²) in [5, 5.41) is 0. The smallest absolute Gasteiger partial charge is 0.194 e. The average molecular weight is 288 g/mol. The first-order valence-corrected chi connectivity index (χ1v) is 6.97. The summed E-state index contributed by atoms with van der Waals surface area (Å²) in [6.45, 7) is 3.83. The van der Waals surface area contributed by atoms with E-state index < -0.39 is 17.5 Å². The van der Waals surface area contributed by atoms with Crippen LogP contribution in [0.15, 0.2) is 43.0 Å². The van der Waals surface area contributed by atoms with Gasteiger partial charge in [0.1, 0.15) is 0 Å². The Balaban J connectivity index is 2.00. The first kappa shape index (κ1) is 13.9. The standard InChI is InChI=1S/C18H15F3/c1-2-11-3-4-13-8-14(6-5-12(13)7-11)15-9-16(19)18(21)17(20)10-15/h2,5-6,8-11H,1,3-4,7H2. The van der Waals surface area contributed by atoms with Crippen molar-refractivity contribution in [3.05, 3.63) is 71.6 Å². The first-order chi connectivity index (χ1) is 10.1. The quantitative estimate of drug-likeness (QED) is 0.535. The van der Waals surface area contributed by atoms with Crippen molar-refractivity contribution in [2.75, 3.05) is 0 Å². The minimum Gasteiger partial charge on any atom is -0.204 e. The van der Waals surface area contributed by atoms with Gasteiger partial charge in [-0.2, -0.15) is 0 Å². The van der Waals surface area contributed by atoms with E-state index in [1.807, 2.05) is 24.3 Å². The number of halogens is 3. The normalized spacial score (nSPS) is 17.4. The summed E-state index contributed by atoms with van der Waals surface area (Å²) in [5.74, 6) is -3.25. The Kier molecular flexibility index (Phi) is 3.58. The van der Waals surface area contributed by atoms with Crippen molar-refractivity contribution in [3.63, 3.8) is 0 Å². The molecule has 0 saturated heterocycles. The highest BCUT2D eigenvalue weighted by Gasteiger charge is 2.17. The molecule has 3 rings (SSSR count). The molecule has 0 amide bonds. The van der Waals surface area contributed by atoms with Crippen molar-refractivity contribution in [1.82, 2.24) is 0 Å². The molecule has 0 nitrogen and oxygen atoms in total. The third-order valence-electron chi connectivity index (χ3n) is 4.12. The second-order valence-electron chi connectivity index (χ2n) is 5.48. The van der Waals surface area contributed by atoms with E-state index in [9.17, 15) is 13.2 Å². The first-order valence-electron chi connectivity index (χ1n) is 6.97. The molecule has 3 heteroatoms. The molecule has 1 atom stereocenters. The molecule has 2 aromatic carbocycles. The third-order valence-corrected chi connectivity index (χ3v) is 4.12. The summed E-state index contributed by atoms with van der Waals surface area (Å²) in [7, 11) is 0. The van der Waals surface area contributed by atoms with E-state index in [2.05, 4.69) is 6.58 Å². The number of benzene rings is 2. The van der Waals surface area contributed by atoms with Gasteiger partial charge in [0.2, 0.25) is 0 Å². The van der Waals surface area contributed by atoms with Crippen LogP contribution in [0, 0.1) is 23.4 Å². The summed E-state index contributed by atoms with van der Waals surface area (Å²) < 4.78 is 39.7. The molecule has 0 aromatic heterocycles. The summed E-state index contributed by atoms with van der Waals surface area (Å²) in [5.41, 5.74) is 3.51. The van der Waals surface area contributed by atoms with Crippen LogP contribution in [-0.4, -0.2) is 0 Å². The molecular formula is C18H15F3. The molecule has 0 radical (unpaired) electrons. The lowest BCUT2D eigenvalue weighted by atomic mass is 9.83. The van der Waals surface area contributed by atoms with E-state index in [1.165, 1.54) is 11.1 Å². The van der Waals surface area contributed by atoms with Gasteiger partial charge in [0.15, 0.2) is 17.5 Å². The van der Waals surface area contributed by atoms with Gasteiger partial charge in [-0.25, -0.2) is 13.2 Å². The van der Waals surface area contributed by atoms with E-state index in [-0.39, 0.29) is 0 Å². The van der Waals surface area contributed by atoms with Crippen LogP contribution in [0.3, 0.4) is 0 Å². The molecule has 0 saturated carbocycles. The van der Waals surface area contributed by atoms with Crippen molar-refractivity contribution < 1.29 is 13.2 Å². The minimum absolute atomic E-state index is 0.361. The topological polar surface area (TPSA) is 0 Å². The van der Waals surface area contributed by atoms with Gasteiger partial charge in [0, 0.05) is 0 Å². The van der Waals surface area contributed by atoms with Gasteiger partial charge in [-0.15, -0.1) is 6.58 Å². The maximum Gasteiger partial charge on any atom is 0.194 e. The Bertz CT molecular complexity index is 681. The van der Waals surface area contributed by atoms with E-state index in [0.29, 0.717) is 17.0 Å². The lowest BCUT2D eigenvalue weighted by Gasteiger charge is -2.22. The van der Waals surface area contributed by atoms with Gasteiger partial charge in [0.05, 0.1) is 0 Å². The molecule has 108 valence electrons. The number of hydrogen-bond acceptors (Lipinski definition) is 0. The molecule has 0 aliphatic heterocycles. The molecule has 1 unspecified atom stereocenters. The minimum atomic E-state index is -1.43. The van der Waals surface area contributed by atoms with Crippen LogP contribution >= 0.6 is 0 Å². The lowest BCUT2D eigenvalue weighted by Crippen LogP contribution is -2.12. The predicted octanol–water partition coefficient (Wildman–Crippen LogP) is 5.06. The van der Waals surface area contributed by atoms with Crippen LogP contribution in [0.4, 0.5) is 13.2 Å². The van der Waals surface area contributed by atoms with Crippen molar-refractivity contribution >= 4 is 0 Å². The lowest BCUT2D eigenvalue weighted by molar-refractivity contribution is 0.447. The molecule has 0 spiro atoms. The van der Waals surface area contributed by atoms with Crippen LogP contribution in [0.5, 0.6) is 0 Å². The Labute approximate surface area is 121 Å². The van der Waals surface area contributed by atoms with Crippen LogP contribution in [0.1, 0.15) is 17.5 Å². The monoisotopic (exact) mass is 288 g/mol. The summed E-state index contributed by atoms with van der Waals surface area (Å²) in [6.07, 6.45) is 4.88. The van der Waals surface area contributed by atoms with E-state index >= 15 is 0 Å². The van der Waals surface area contributed by atoms with Crippen molar-refractivity contribution in [3.8, 4) is 11.1 Å². The molecule has 1 aliphatic rings. The highest BCUT2D eigenvalue weighted by Crippen LogP contribution is 2.31. The van der Waals surface area contributed by atoms with Gasteiger partial charge >= 0.3 is 0 Å². The maximum absolute atomic E-state index is 13.3. The average Bonchev–Trinajstić information content (AvgIpc) is 2.51. The van der Waals surface area contributed by atoms with Crippen molar-refractivity contribution in [2.45, 2.75) is 19.3 Å². The number of fused-ring (bicyclic) bond motifs is 1. The fourth-order valence-electron chi connectivity index (χ4n) is 2.89. The SMILES string of the molecule is C=CC1CCc2cc(-c3cc(F)c(F)c(F)c3)ccc2C1. The second kappa shape index (κ2) is 5.40. The Morgan fingerprint density at radius 3 is 2.33 bits per heavy atom. The Morgan fingerprint density at radius 2 is 1.67 bits per heavy atom. The molecule has 2 aromatic rings. The fraction of sp³-hybridized carbons (Fsp3) is 0.222. The molecule has 0 N–H and O–H groups in total. The summed E-state index contributed by atoms with van der Waals surface area (Å²) >= 11 is 0. The highest BCUT2D eigenvalue weighted by atomic mass is 19.2. The predicted molar refractivity (Wildman–Crippen MR) is 77.5 cm³/mol. The van der Waals surface area contributed by atoms with Crippen LogP contribution in [-0.2, 0) is 12.8 Å². The zero-order chi connectivity index (χ0) is 15.0. The largest absolute Gasteiger partial charge is 0.204 e. The Morgan fingerprint density at radius 1 is 0.952 bits per heavy atom. The number of rotatable bonds is 2. The molecule has 0 fully saturated rings. The second-order valence-corrected chi connectivity index (χ2v) is 5.48. The fourth-order valence-corrected chi connectivity index (χ4v) is 2.89. The number of hydrogen-bond donors (Lipinski definition) is 0. The number of aryl methyl sites for hydroxylation is 1. The molecule has 0 heterocycles. The third kappa shape index (κ3) is 2.60. The van der Waals surface area contributed by atoms with E-state index in [1.54, 1.807) is 0 Å². The van der Waals surface area contributed by atoms with Gasteiger partial charge in [0.25, 0.3) is 0 Å². The maximum atomic E-state index is 13.3.